The third-order valence-electron chi connectivity index (χ3n) is 8.51. The van der Waals surface area contributed by atoms with Crippen LogP contribution in [0.4, 0.5) is 0 Å². The van der Waals surface area contributed by atoms with Gasteiger partial charge in [-0.05, 0) is 39.5 Å². The van der Waals surface area contributed by atoms with Crippen molar-refractivity contribution >= 4 is 35.8 Å². The molecule has 0 radical (unpaired) electrons. The molecule has 0 saturated carbocycles. The molecule has 0 N–H and O–H groups in total. The van der Waals surface area contributed by atoms with Crippen LogP contribution in [0.1, 0.15) is 119 Å². The number of aromatic nitrogens is 6. The second-order valence-electron chi connectivity index (χ2n) is 13.5. The van der Waals surface area contributed by atoms with Crippen molar-refractivity contribution in [2.75, 3.05) is 0 Å². The molecule has 4 rings (SSSR count). The van der Waals surface area contributed by atoms with Crippen molar-refractivity contribution in [3.63, 3.8) is 0 Å². The Morgan fingerprint density at radius 1 is 0.518 bits per heavy atom. The average molecular weight is 795 g/mol. The standard InChI is InChI=1S/2C18H27N3O7/c2*1-6-7-8-14-9-21(20-19-14)18-17(28-13(5)24)16(27-12(4)23)15(10(2)25-18)26-11(3)22/h2*9-10,15-18H,6-8H2,1-5H3/t2*10-,15+,16+,17-,18-/m00/s1. The van der Waals surface area contributed by atoms with Gasteiger partial charge in [0.15, 0.2) is 49.1 Å². The molecule has 2 saturated heterocycles. The number of nitrogens with zero attached hydrogens (tertiary/aromatic N) is 6. The van der Waals surface area contributed by atoms with Crippen molar-refractivity contribution in [3.05, 3.63) is 23.8 Å². The third kappa shape index (κ3) is 13.1. The van der Waals surface area contributed by atoms with Gasteiger partial charge in [-0.1, -0.05) is 37.1 Å². The quantitative estimate of drug-likeness (QED) is 0.197. The summed E-state index contributed by atoms with van der Waals surface area (Å²) in [6.07, 6.45) is -0.335. The fourth-order valence-electron chi connectivity index (χ4n) is 6.22. The fraction of sp³-hybridized carbons (Fsp3) is 0.722. The molecule has 2 aromatic rings. The molecule has 4 heterocycles. The summed E-state index contributed by atoms with van der Waals surface area (Å²) in [5.74, 6) is -3.54. The summed E-state index contributed by atoms with van der Waals surface area (Å²) in [5.41, 5.74) is 1.54. The normalized spacial score (nSPS) is 27.1. The average Bonchev–Trinajstić information content (AvgIpc) is 3.77. The highest BCUT2D eigenvalue weighted by Crippen LogP contribution is 2.35. The van der Waals surface area contributed by atoms with Crippen LogP contribution >= 0.6 is 0 Å². The predicted molar refractivity (Wildman–Crippen MR) is 190 cm³/mol. The zero-order valence-electron chi connectivity index (χ0n) is 33.6. The number of carbonyl (C=O) groups is 6. The molecular weight excluding hydrogens is 740 g/mol. The molecule has 2 aromatic heterocycles. The van der Waals surface area contributed by atoms with E-state index in [9.17, 15) is 28.8 Å². The van der Waals surface area contributed by atoms with Gasteiger partial charge in [0.2, 0.25) is 0 Å². The van der Waals surface area contributed by atoms with Crippen molar-refractivity contribution in [1.29, 1.82) is 0 Å². The predicted octanol–water partition coefficient (Wildman–Crippen LogP) is 2.67. The van der Waals surface area contributed by atoms with Crippen LogP contribution in [0.5, 0.6) is 0 Å². The Kier molecular flexibility index (Phi) is 17.3. The van der Waals surface area contributed by atoms with E-state index >= 15 is 0 Å². The Hall–Kier alpha value is -4.98. The van der Waals surface area contributed by atoms with E-state index in [2.05, 4.69) is 34.5 Å². The number of hydrogen-bond acceptors (Lipinski definition) is 18. The second kappa shape index (κ2) is 21.4. The third-order valence-corrected chi connectivity index (χ3v) is 8.51. The zero-order chi connectivity index (χ0) is 41.7. The Bertz CT molecular complexity index is 1530. The van der Waals surface area contributed by atoms with E-state index < -0.39 is 97.1 Å². The molecule has 2 aliphatic rings. The van der Waals surface area contributed by atoms with E-state index in [1.807, 2.05) is 0 Å². The van der Waals surface area contributed by atoms with Gasteiger partial charge in [-0.2, -0.15) is 0 Å². The lowest BCUT2D eigenvalue weighted by Gasteiger charge is -2.43. The summed E-state index contributed by atoms with van der Waals surface area (Å²) < 4.78 is 46.9. The largest absolute Gasteiger partial charge is 0.456 e. The summed E-state index contributed by atoms with van der Waals surface area (Å²) in [5, 5.41) is 16.4. The molecule has 0 amide bonds. The van der Waals surface area contributed by atoms with Crippen molar-refractivity contribution in [2.45, 2.75) is 169 Å². The van der Waals surface area contributed by atoms with Crippen LogP contribution in [0.15, 0.2) is 12.4 Å². The van der Waals surface area contributed by atoms with Gasteiger partial charge in [0.25, 0.3) is 0 Å². The molecule has 10 atom stereocenters. The van der Waals surface area contributed by atoms with E-state index in [0.717, 1.165) is 49.9 Å². The number of ether oxygens (including phenoxy) is 8. The van der Waals surface area contributed by atoms with Gasteiger partial charge in [-0.25, -0.2) is 9.36 Å². The Morgan fingerprint density at radius 3 is 1.09 bits per heavy atom. The first kappa shape index (κ1) is 45.4. The topological polar surface area (TPSA) is 238 Å². The molecule has 56 heavy (non-hydrogen) atoms. The lowest BCUT2D eigenvalue weighted by Crippen LogP contribution is -2.58. The van der Waals surface area contributed by atoms with Gasteiger partial charge in [0.05, 0.1) is 36.0 Å². The van der Waals surface area contributed by atoms with Crippen LogP contribution in [-0.4, -0.2) is 115 Å². The van der Waals surface area contributed by atoms with Crippen molar-refractivity contribution < 1.29 is 66.7 Å². The van der Waals surface area contributed by atoms with E-state index in [-0.39, 0.29) is 0 Å². The van der Waals surface area contributed by atoms with Gasteiger partial charge in [0, 0.05) is 41.5 Å². The van der Waals surface area contributed by atoms with Gasteiger partial charge in [-0.15, -0.1) is 10.2 Å². The van der Waals surface area contributed by atoms with E-state index in [0.29, 0.717) is 0 Å². The van der Waals surface area contributed by atoms with Crippen LogP contribution in [0, 0.1) is 0 Å². The lowest BCUT2D eigenvalue weighted by molar-refractivity contribution is -0.261. The molecule has 20 nitrogen and oxygen atoms in total. The van der Waals surface area contributed by atoms with Crippen LogP contribution in [0.3, 0.4) is 0 Å². The SMILES string of the molecule is CCCCc1cn([C@H]2O[C@@H](C)[C@@H](OC(C)=O)[C@@H](OC(C)=O)[C@@H]2OC(C)=O)nn1.CCCCc1cn([C@H]2O[C@@H](C)[C@@H](OC(C)=O)[C@@H](OC(C)=O)[C@@H]2OC(C)=O)nn1. The summed E-state index contributed by atoms with van der Waals surface area (Å²) in [4.78, 5) is 69.8. The smallest absolute Gasteiger partial charge is 0.303 e. The van der Waals surface area contributed by atoms with Crippen LogP contribution < -0.4 is 0 Å². The number of hydrogen-bond donors (Lipinski definition) is 0. The molecule has 0 aliphatic carbocycles. The van der Waals surface area contributed by atoms with Crippen molar-refractivity contribution in [2.24, 2.45) is 0 Å². The van der Waals surface area contributed by atoms with Gasteiger partial charge >= 0.3 is 35.8 Å². The molecule has 0 bridgehead atoms. The summed E-state index contributed by atoms with van der Waals surface area (Å²) in [6, 6.07) is 0. The fourth-order valence-corrected chi connectivity index (χ4v) is 6.22. The molecule has 0 spiro atoms. The zero-order valence-corrected chi connectivity index (χ0v) is 33.6. The molecule has 2 fully saturated rings. The first-order valence-corrected chi connectivity index (χ1v) is 18.6. The lowest BCUT2D eigenvalue weighted by atomic mass is 9.98. The van der Waals surface area contributed by atoms with E-state index in [1.165, 1.54) is 50.9 Å². The van der Waals surface area contributed by atoms with E-state index in [4.69, 9.17) is 37.9 Å². The Balaban J connectivity index is 0.000000300. The van der Waals surface area contributed by atoms with Crippen LogP contribution in [-0.2, 0) is 79.5 Å². The van der Waals surface area contributed by atoms with Crippen molar-refractivity contribution in [1.82, 2.24) is 30.0 Å². The van der Waals surface area contributed by atoms with Gasteiger partial charge in [0.1, 0.15) is 0 Å². The number of carbonyl (C=O) groups excluding carboxylic acids is 6. The number of aryl methyl sites for hydroxylation is 2. The monoisotopic (exact) mass is 794 g/mol. The number of esters is 6. The number of rotatable bonds is 14. The molecule has 0 aromatic carbocycles. The first-order chi connectivity index (χ1) is 26.4. The van der Waals surface area contributed by atoms with E-state index in [1.54, 1.807) is 26.2 Å². The highest BCUT2D eigenvalue weighted by molar-refractivity contribution is 5.69. The highest BCUT2D eigenvalue weighted by atomic mass is 16.7. The maximum atomic E-state index is 11.7. The van der Waals surface area contributed by atoms with Gasteiger partial charge < -0.3 is 37.9 Å². The minimum Gasteiger partial charge on any atom is -0.456 e. The van der Waals surface area contributed by atoms with Gasteiger partial charge in [-0.3, -0.25) is 28.8 Å². The Morgan fingerprint density at radius 2 is 0.804 bits per heavy atom. The first-order valence-electron chi connectivity index (χ1n) is 18.6. The highest BCUT2D eigenvalue weighted by Gasteiger charge is 2.52. The molecule has 312 valence electrons. The maximum Gasteiger partial charge on any atom is 0.303 e. The van der Waals surface area contributed by atoms with Crippen LogP contribution in [0.2, 0.25) is 0 Å². The molecule has 0 unspecified atom stereocenters. The maximum absolute atomic E-state index is 11.7. The van der Waals surface area contributed by atoms with Crippen molar-refractivity contribution in [3.8, 4) is 0 Å². The van der Waals surface area contributed by atoms with Crippen LogP contribution in [0.25, 0.3) is 0 Å². The Labute approximate surface area is 325 Å². The number of unbranched alkanes of at least 4 members (excludes halogenated alkanes) is 2. The second-order valence-corrected chi connectivity index (χ2v) is 13.5. The minimum absolute atomic E-state index is 0.569. The molecular formula is C36H54N6O14. The minimum atomic E-state index is -1.07. The summed E-state index contributed by atoms with van der Waals surface area (Å²) in [6.45, 7) is 14.9. The molecule has 2 aliphatic heterocycles. The summed E-state index contributed by atoms with van der Waals surface area (Å²) >= 11 is 0. The molecule has 20 heteroatoms. The summed E-state index contributed by atoms with van der Waals surface area (Å²) in [7, 11) is 0.